The van der Waals surface area contributed by atoms with E-state index in [1.54, 1.807) is 6.07 Å². The number of hydrogen-bond acceptors (Lipinski definition) is 2. The van der Waals surface area contributed by atoms with E-state index in [-0.39, 0.29) is 6.04 Å². The smallest absolute Gasteiger partial charge is 0.0624 e. The van der Waals surface area contributed by atoms with Crippen molar-refractivity contribution >= 4 is 23.2 Å². The van der Waals surface area contributed by atoms with Crippen LogP contribution < -0.4 is 5.73 Å². The van der Waals surface area contributed by atoms with Crippen molar-refractivity contribution < 1.29 is 4.74 Å². The van der Waals surface area contributed by atoms with Gasteiger partial charge in [-0.05, 0) is 36.8 Å². The van der Waals surface area contributed by atoms with E-state index < -0.39 is 0 Å². The van der Waals surface area contributed by atoms with Crippen LogP contribution in [0.5, 0.6) is 0 Å². The molecule has 0 aliphatic carbocycles. The third-order valence-electron chi connectivity index (χ3n) is 3.29. The molecule has 1 aromatic carbocycles. The van der Waals surface area contributed by atoms with Crippen LogP contribution in [-0.4, -0.2) is 19.3 Å². The second kappa shape index (κ2) is 6.05. The van der Waals surface area contributed by atoms with Crippen LogP contribution in [0, 0.1) is 5.92 Å². The Labute approximate surface area is 112 Å². The molecule has 2 unspecified atom stereocenters. The van der Waals surface area contributed by atoms with E-state index in [1.165, 1.54) is 0 Å². The van der Waals surface area contributed by atoms with Crippen molar-refractivity contribution in [3.05, 3.63) is 33.8 Å². The molecule has 1 aliphatic heterocycles. The molecule has 2 rings (SSSR count). The highest BCUT2D eigenvalue weighted by Crippen LogP contribution is 2.28. The zero-order chi connectivity index (χ0) is 12.3. The van der Waals surface area contributed by atoms with Gasteiger partial charge in [0.2, 0.25) is 0 Å². The average molecular weight is 274 g/mol. The molecule has 0 aromatic heterocycles. The van der Waals surface area contributed by atoms with Crippen molar-refractivity contribution in [3.8, 4) is 0 Å². The lowest BCUT2D eigenvalue weighted by Gasteiger charge is -2.27. The molecular formula is C13H17Cl2NO. The Morgan fingerprint density at radius 3 is 2.94 bits per heavy atom. The van der Waals surface area contributed by atoms with Crippen molar-refractivity contribution in [1.82, 2.24) is 0 Å². The lowest BCUT2D eigenvalue weighted by molar-refractivity contribution is 0.0450. The second-order valence-electron chi connectivity index (χ2n) is 4.56. The van der Waals surface area contributed by atoms with Gasteiger partial charge < -0.3 is 10.5 Å². The number of halogens is 2. The summed E-state index contributed by atoms with van der Waals surface area (Å²) in [6.45, 7) is 1.63. The summed E-state index contributed by atoms with van der Waals surface area (Å²) in [6, 6.07) is 5.78. The minimum Gasteiger partial charge on any atom is -0.381 e. The minimum atomic E-state index is 0.0891. The van der Waals surface area contributed by atoms with E-state index in [2.05, 4.69) is 0 Å². The van der Waals surface area contributed by atoms with Crippen LogP contribution in [-0.2, 0) is 11.2 Å². The first kappa shape index (κ1) is 13.2. The van der Waals surface area contributed by atoms with Gasteiger partial charge >= 0.3 is 0 Å². The minimum absolute atomic E-state index is 0.0891. The van der Waals surface area contributed by atoms with Crippen molar-refractivity contribution in [2.24, 2.45) is 11.7 Å². The zero-order valence-electron chi connectivity index (χ0n) is 9.66. The largest absolute Gasteiger partial charge is 0.381 e. The molecule has 1 aliphatic rings. The van der Waals surface area contributed by atoms with Crippen molar-refractivity contribution in [3.63, 3.8) is 0 Å². The fraction of sp³-hybridized carbons (Fsp3) is 0.538. The molecule has 2 N–H and O–H groups in total. The topological polar surface area (TPSA) is 35.2 Å². The summed E-state index contributed by atoms with van der Waals surface area (Å²) in [6.07, 6.45) is 2.99. The van der Waals surface area contributed by atoms with Crippen LogP contribution >= 0.6 is 23.2 Å². The molecule has 0 spiro atoms. The fourth-order valence-corrected chi connectivity index (χ4v) is 2.63. The van der Waals surface area contributed by atoms with Gasteiger partial charge in [0.1, 0.15) is 0 Å². The van der Waals surface area contributed by atoms with Gasteiger partial charge in [0, 0.05) is 12.6 Å². The third kappa shape index (κ3) is 3.35. The molecule has 0 bridgehead atoms. The van der Waals surface area contributed by atoms with E-state index in [0.29, 0.717) is 16.0 Å². The van der Waals surface area contributed by atoms with Gasteiger partial charge in [0.25, 0.3) is 0 Å². The highest BCUT2D eigenvalue weighted by atomic mass is 35.5. The number of benzene rings is 1. The molecule has 2 nitrogen and oxygen atoms in total. The molecule has 0 amide bonds. The summed E-state index contributed by atoms with van der Waals surface area (Å²) in [5.41, 5.74) is 7.24. The van der Waals surface area contributed by atoms with Gasteiger partial charge in [0.15, 0.2) is 0 Å². The van der Waals surface area contributed by atoms with Crippen LogP contribution in [0.3, 0.4) is 0 Å². The first-order valence-electron chi connectivity index (χ1n) is 5.94. The Kier molecular flexibility index (Phi) is 4.69. The molecule has 2 atom stereocenters. The van der Waals surface area contributed by atoms with Gasteiger partial charge in [-0.3, -0.25) is 0 Å². The van der Waals surface area contributed by atoms with Crippen LogP contribution in [0.25, 0.3) is 0 Å². The molecule has 17 heavy (non-hydrogen) atoms. The Balaban J connectivity index is 2.01. The Morgan fingerprint density at radius 1 is 1.41 bits per heavy atom. The fourth-order valence-electron chi connectivity index (χ4n) is 2.23. The number of rotatable bonds is 3. The van der Waals surface area contributed by atoms with E-state index in [0.717, 1.165) is 38.0 Å². The van der Waals surface area contributed by atoms with E-state index >= 15 is 0 Å². The maximum absolute atomic E-state index is 6.22. The molecule has 0 radical (unpaired) electrons. The molecular weight excluding hydrogens is 257 g/mol. The maximum Gasteiger partial charge on any atom is 0.0624 e. The summed E-state index contributed by atoms with van der Waals surface area (Å²) < 4.78 is 5.46. The standard InChI is InChI=1S/C13H17Cl2NO/c14-11-5-1-3-9(13(11)15)7-12(16)10-4-2-6-17-8-10/h1,3,5,10,12H,2,4,6-8,16H2. The maximum atomic E-state index is 6.22. The molecule has 1 fully saturated rings. The first-order chi connectivity index (χ1) is 8.18. The quantitative estimate of drug-likeness (QED) is 0.918. The molecule has 1 aromatic rings. The number of hydrogen-bond donors (Lipinski definition) is 1. The van der Waals surface area contributed by atoms with Crippen molar-refractivity contribution in [2.75, 3.05) is 13.2 Å². The normalized spacial score (nSPS) is 22.4. The third-order valence-corrected chi connectivity index (χ3v) is 4.15. The average Bonchev–Trinajstić information content (AvgIpc) is 2.36. The Morgan fingerprint density at radius 2 is 2.24 bits per heavy atom. The summed E-state index contributed by atoms with van der Waals surface area (Å²) in [4.78, 5) is 0. The Bertz CT molecular complexity index is 378. The van der Waals surface area contributed by atoms with Crippen LogP contribution in [0.4, 0.5) is 0 Å². The van der Waals surface area contributed by atoms with E-state index in [9.17, 15) is 0 Å². The van der Waals surface area contributed by atoms with E-state index in [4.69, 9.17) is 33.7 Å². The number of ether oxygens (including phenoxy) is 1. The Hall–Kier alpha value is -0.280. The highest BCUT2D eigenvalue weighted by Gasteiger charge is 2.22. The zero-order valence-corrected chi connectivity index (χ0v) is 11.2. The molecule has 1 saturated heterocycles. The molecule has 4 heteroatoms. The summed E-state index contributed by atoms with van der Waals surface area (Å²) in [7, 11) is 0. The first-order valence-corrected chi connectivity index (χ1v) is 6.70. The van der Waals surface area contributed by atoms with E-state index in [1.807, 2.05) is 12.1 Å². The van der Waals surface area contributed by atoms with Gasteiger partial charge in [-0.2, -0.15) is 0 Å². The summed E-state index contributed by atoms with van der Waals surface area (Å²) in [5.74, 6) is 0.429. The number of nitrogens with two attached hydrogens (primary N) is 1. The van der Waals surface area contributed by atoms with Gasteiger partial charge in [-0.25, -0.2) is 0 Å². The predicted octanol–water partition coefficient (Wildman–Crippen LogP) is 3.29. The lowest BCUT2D eigenvalue weighted by atomic mass is 9.90. The summed E-state index contributed by atoms with van der Waals surface area (Å²) >= 11 is 12.1. The van der Waals surface area contributed by atoms with Gasteiger partial charge in [-0.15, -0.1) is 0 Å². The van der Waals surface area contributed by atoms with Crippen molar-refractivity contribution in [2.45, 2.75) is 25.3 Å². The molecule has 94 valence electrons. The molecule has 1 heterocycles. The molecule has 0 saturated carbocycles. The van der Waals surface area contributed by atoms with Crippen LogP contribution in [0.1, 0.15) is 18.4 Å². The van der Waals surface area contributed by atoms with Crippen LogP contribution in [0.15, 0.2) is 18.2 Å². The second-order valence-corrected chi connectivity index (χ2v) is 5.34. The SMILES string of the molecule is NC(Cc1cccc(Cl)c1Cl)C1CCCOC1. The monoisotopic (exact) mass is 273 g/mol. The van der Waals surface area contributed by atoms with Gasteiger partial charge in [-0.1, -0.05) is 35.3 Å². The predicted molar refractivity (Wildman–Crippen MR) is 71.7 cm³/mol. The van der Waals surface area contributed by atoms with Gasteiger partial charge in [0.05, 0.1) is 16.7 Å². The lowest BCUT2D eigenvalue weighted by Crippen LogP contribution is -2.37. The summed E-state index contributed by atoms with van der Waals surface area (Å²) in [5, 5.41) is 1.22. The van der Waals surface area contributed by atoms with Crippen molar-refractivity contribution in [1.29, 1.82) is 0 Å². The van der Waals surface area contributed by atoms with Crippen LogP contribution in [0.2, 0.25) is 10.0 Å². The highest BCUT2D eigenvalue weighted by molar-refractivity contribution is 6.42.